The van der Waals surface area contributed by atoms with E-state index in [0.29, 0.717) is 62.3 Å². The number of imidazole rings is 1. The number of amides is 1. The van der Waals surface area contributed by atoms with Crippen LogP contribution in [0.4, 0.5) is 19.0 Å². The lowest BCUT2D eigenvalue weighted by molar-refractivity contribution is -0.118. The van der Waals surface area contributed by atoms with Crippen LogP contribution in [-0.2, 0) is 24.2 Å². The number of anilines is 1. The molecule has 1 aliphatic carbocycles. The SMILES string of the molecule is CCCC(N[C@H]1CCc2cc(F)cc(F)c2C1)C(=O)Nc1cn(-c2ccccc2CNCCOc2ccccc2F)cn1. The van der Waals surface area contributed by atoms with Crippen molar-refractivity contribution in [2.45, 2.75) is 57.7 Å². The number of ether oxygens (including phenoxy) is 1. The molecule has 0 saturated carbocycles. The quantitative estimate of drug-likeness (QED) is 0.174. The van der Waals surface area contributed by atoms with Gasteiger partial charge in [-0.05, 0) is 66.6 Å². The molecule has 0 aliphatic heterocycles. The Bertz CT molecular complexity index is 1540. The number of fused-ring (bicyclic) bond motifs is 1. The van der Waals surface area contributed by atoms with Crippen LogP contribution in [0.3, 0.4) is 0 Å². The number of nitrogens with zero attached hydrogens (tertiary/aromatic N) is 2. The number of rotatable bonds is 13. The smallest absolute Gasteiger partial charge is 0.242 e. The molecule has 5 rings (SSSR count). The summed E-state index contributed by atoms with van der Waals surface area (Å²) in [4.78, 5) is 17.7. The summed E-state index contributed by atoms with van der Waals surface area (Å²) < 4.78 is 49.1. The van der Waals surface area contributed by atoms with Crippen LogP contribution in [0.15, 0.2) is 73.2 Å². The first kappa shape index (κ1) is 30.3. The van der Waals surface area contributed by atoms with Gasteiger partial charge in [-0.2, -0.15) is 0 Å². The Morgan fingerprint density at radius 1 is 1.09 bits per heavy atom. The summed E-state index contributed by atoms with van der Waals surface area (Å²) in [5, 5.41) is 9.65. The molecule has 0 spiro atoms. The molecule has 3 aromatic carbocycles. The van der Waals surface area contributed by atoms with Crippen LogP contribution in [0.25, 0.3) is 5.69 Å². The van der Waals surface area contributed by atoms with E-state index in [1.54, 1.807) is 30.7 Å². The maximum atomic E-state index is 14.4. The zero-order valence-corrected chi connectivity index (χ0v) is 24.1. The monoisotopic (exact) mass is 591 g/mol. The van der Waals surface area contributed by atoms with E-state index in [0.717, 1.165) is 23.7 Å². The molecule has 7 nitrogen and oxygen atoms in total. The van der Waals surface area contributed by atoms with E-state index in [4.69, 9.17) is 4.74 Å². The molecular formula is C33H36F3N5O2. The second-order valence-electron chi connectivity index (χ2n) is 10.7. The van der Waals surface area contributed by atoms with Crippen molar-refractivity contribution in [3.63, 3.8) is 0 Å². The zero-order chi connectivity index (χ0) is 30.2. The highest BCUT2D eigenvalue weighted by Gasteiger charge is 2.27. The van der Waals surface area contributed by atoms with Crippen LogP contribution in [0.2, 0.25) is 0 Å². The largest absolute Gasteiger partial charge is 0.489 e. The molecule has 0 fully saturated rings. The molecule has 1 unspecified atom stereocenters. The second kappa shape index (κ2) is 14.3. The van der Waals surface area contributed by atoms with E-state index >= 15 is 0 Å². The van der Waals surface area contributed by atoms with E-state index in [1.165, 1.54) is 12.1 Å². The van der Waals surface area contributed by atoms with Crippen LogP contribution < -0.4 is 20.7 Å². The van der Waals surface area contributed by atoms with Crippen LogP contribution in [0, 0.1) is 17.5 Å². The second-order valence-corrected chi connectivity index (χ2v) is 10.7. The Morgan fingerprint density at radius 3 is 2.74 bits per heavy atom. The summed E-state index contributed by atoms with van der Waals surface area (Å²) in [6.45, 7) is 3.40. The summed E-state index contributed by atoms with van der Waals surface area (Å²) in [5.41, 5.74) is 3.13. The predicted octanol–water partition coefficient (Wildman–Crippen LogP) is 5.71. The molecule has 1 heterocycles. The molecule has 2 atom stereocenters. The number of halogens is 3. The Morgan fingerprint density at radius 2 is 1.91 bits per heavy atom. The van der Waals surface area contributed by atoms with Gasteiger partial charge in [0.15, 0.2) is 17.4 Å². The van der Waals surface area contributed by atoms with Crippen molar-refractivity contribution in [3.05, 3.63) is 107 Å². The first-order chi connectivity index (χ1) is 20.9. The summed E-state index contributed by atoms with van der Waals surface area (Å²) >= 11 is 0. The minimum Gasteiger partial charge on any atom is -0.489 e. The Labute approximate surface area is 249 Å². The minimum absolute atomic E-state index is 0.0937. The number of hydrogen-bond donors (Lipinski definition) is 3. The zero-order valence-electron chi connectivity index (χ0n) is 24.1. The fourth-order valence-electron chi connectivity index (χ4n) is 5.45. The highest BCUT2D eigenvalue weighted by molar-refractivity contribution is 5.94. The molecule has 0 saturated heterocycles. The lowest BCUT2D eigenvalue weighted by Gasteiger charge is -2.29. The summed E-state index contributed by atoms with van der Waals surface area (Å²) in [5.74, 6) is -1.04. The maximum Gasteiger partial charge on any atom is 0.242 e. The molecule has 0 bridgehead atoms. The lowest BCUT2D eigenvalue weighted by atomic mass is 9.87. The van der Waals surface area contributed by atoms with Crippen molar-refractivity contribution in [2.24, 2.45) is 0 Å². The normalized spacial score (nSPS) is 15.1. The van der Waals surface area contributed by atoms with Gasteiger partial charge >= 0.3 is 0 Å². The third-order valence-corrected chi connectivity index (χ3v) is 7.59. The van der Waals surface area contributed by atoms with Gasteiger partial charge in [-0.15, -0.1) is 0 Å². The van der Waals surface area contributed by atoms with Gasteiger partial charge in [0.2, 0.25) is 5.91 Å². The number of hydrogen-bond acceptors (Lipinski definition) is 5. The molecular weight excluding hydrogens is 555 g/mol. The summed E-state index contributed by atoms with van der Waals surface area (Å²) in [7, 11) is 0. The van der Waals surface area contributed by atoms with Gasteiger partial charge in [-0.25, -0.2) is 18.2 Å². The van der Waals surface area contributed by atoms with E-state index in [9.17, 15) is 18.0 Å². The molecule has 226 valence electrons. The Balaban J connectivity index is 1.16. The van der Waals surface area contributed by atoms with Crippen LogP contribution in [-0.4, -0.2) is 40.7 Å². The fraction of sp³-hybridized carbons (Fsp3) is 0.333. The number of nitrogens with one attached hydrogen (secondary N) is 3. The van der Waals surface area contributed by atoms with Crippen molar-refractivity contribution in [2.75, 3.05) is 18.5 Å². The van der Waals surface area contributed by atoms with Gasteiger partial charge in [-0.1, -0.05) is 43.7 Å². The third kappa shape index (κ3) is 7.82. The molecule has 0 radical (unpaired) electrons. The number of para-hydroxylation sites is 2. The van der Waals surface area contributed by atoms with Crippen molar-refractivity contribution >= 4 is 11.7 Å². The summed E-state index contributed by atoms with van der Waals surface area (Å²) in [6.07, 6.45) is 6.46. The van der Waals surface area contributed by atoms with E-state index in [-0.39, 0.29) is 23.5 Å². The number of benzene rings is 3. The molecule has 1 amide bonds. The molecule has 10 heteroatoms. The standard InChI is InChI=1S/C33H36F3N5O2/c1-2-7-29(39-25-13-12-22-16-24(34)17-28(36)26(22)18-25)33(42)40-32-20-41(21-38-32)30-10-5-3-8-23(30)19-37-14-15-43-31-11-6-4-9-27(31)35/h3-6,8-11,16-17,20-21,25,29,37,39H,2,7,12-15,18-19H2,1H3,(H,40,42)/t25-,29?/m0/s1. The van der Waals surface area contributed by atoms with Crippen molar-refractivity contribution in [1.29, 1.82) is 0 Å². The van der Waals surface area contributed by atoms with E-state index in [2.05, 4.69) is 20.9 Å². The third-order valence-electron chi connectivity index (χ3n) is 7.59. The number of carbonyl (C=O) groups is 1. The van der Waals surface area contributed by atoms with Crippen molar-refractivity contribution < 1.29 is 22.7 Å². The number of carbonyl (C=O) groups excluding carboxylic acids is 1. The Hall–Kier alpha value is -4.15. The fourth-order valence-corrected chi connectivity index (χ4v) is 5.45. The van der Waals surface area contributed by atoms with E-state index < -0.39 is 17.7 Å². The average molecular weight is 592 g/mol. The van der Waals surface area contributed by atoms with Gasteiger partial charge < -0.3 is 25.3 Å². The highest BCUT2D eigenvalue weighted by Crippen LogP contribution is 2.26. The maximum absolute atomic E-state index is 14.4. The van der Waals surface area contributed by atoms with Crippen molar-refractivity contribution in [1.82, 2.24) is 20.2 Å². The van der Waals surface area contributed by atoms with Gasteiger partial charge in [0.1, 0.15) is 24.6 Å². The van der Waals surface area contributed by atoms with Gasteiger partial charge in [0.25, 0.3) is 0 Å². The average Bonchev–Trinajstić information content (AvgIpc) is 3.46. The van der Waals surface area contributed by atoms with Crippen LogP contribution >= 0.6 is 0 Å². The molecule has 3 N–H and O–H groups in total. The predicted molar refractivity (Wildman–Crippen MR) is 160 cm³/mol. The molecule has 43 heavy (non-hydrogen) atoms. The van der Waals surface area contributed by atoms with Crippen LogP contribution in [0.1, 0.15) is 42.9 Å². The summed E-state index contributed by atoms with van der Waals surface area (Å²) in [6, 6.07) is 15.9. The Kier molecular flexibility index (Phi) is 10.1. The van der Waals surface area contributed by atoms with E-state index in [1.807, 2.05) is 35.8 Å². The molecule has 4 aromatic rings. The number of aromatic nitrogens is 2. The van der Waals surface area contributed by atoms with Gasteiger partial charge in [0.05, 0.1) is 17.9 Å². The minimum atomic E-state index is -0.560. The first-order valence-corrected chi connectivity index (χ1v) is 14.6. The lowest BCUT2D eigenvalue weighted by Crippen LogP contribution is -2.48. The topological polar surface area (TPSA) is 80.2 Å². The molecule has 1 aliphatic rings. The first-order valence-electron chi connectivity index (χ1n) is 14.6. The van der Waals surface area contributed by atoms with Gasteiger partial charge in [0, 0.05) is 25.2 Å². The van der Waals surface area contributed by atoms with Crippen molar-refractivity contribution in [3.8, 4) is 11.4 Å². The van der Waals surface area contributed by atoms with Crippen LogP contribution in [0.5, 0.6) is 5.75 Å². The van der Waals surface area contributed by atoms with Gasteiger partial charge in [-0.3, -0.25) is 4.79 Å². The molecule has 1 aromatic heterocycles. The highest BCUT2D eigenvalue weighted by atomic mass is 19.1. The number of aryl methyl sites for hydroxylation is 1.